The SMILES string of the molecule is CCc1nnc(C)cc1C(=O)Nc1nn(C)cc1C#N. The highest BCUT2D eigenvalue weighted by molar-refractivity contribution is 6.05. The molecule has 1 amide bonds. The van der Waals surface area contributed by atoms with Gasteiger partial charge in [-0.15, -0.1) is 0 Å². The first-order valence-electron chi connectivity index (χ1n) is 6.13. The van der Waals surface area contributed by atoms with Gasteiger partial charge in [0.05, 0.1) is 17.0 Å². The van der Waals surface area contributed by atoms with E-state index in [1.165, 1.54) is 4.68 Å². The number of rotatable bonds is 3. The summed E-state index contributed by atoms with van der Waals surface area (Å²) >= 11 is 0. The van der Waals surface area contributed by atoms with E-state index in [9.17, 15) is 4.79 Å². The van der Waals surface area contributed by atoms with Crippen molar-refractivity contribution in [1.29, 1.82) is 5.26 Å². The molecular formula is C13H14N6O. The Labute approximate surface area is 116 Å². The van der Waals surface area contributed by atoms with Crippen molar-refractivity contribution in [3.05, 3.63) is 34.8 Å². The van der Waals surface area contributed by atoms with Gasteiger partial charge in [-0.25, -0.2) is 0 Å². The Hall–Kier alpha value is -2.75. The molecule has 7 heteroatoms. The van der Waals surface area contributed by atoms with Crippen LogP contribution in [0.3, 0.4) is 0 Å². The number of nitrogens with one attached hydrogen (secondary N) is 1. The zero-order valence-electron chi connectivity index (χ0n) is 11.5. The van der Waals surface area contributed by atoms with E-state index in [1.54, 1.807) is 26.2 Å². The molecular weight excluding hydrogens is 256 g/mol. The normalized spacial score (nSPS) is 10.1. The molecule has 2 aromatic heterocycles. The molecule has 0 radical (unpaired) electrons. The summed E-state index contributed by atoms with van der Waals surface area (Å²) in [5.41, 5.74) is 2.04. The second-order valence-corrected chi connectivity index (χ2v) is 4.33. The minimum absolute atomic E-state index is 0.247. The first kappa shape index (κ1) is 13.7. The van der Waals surface area contributed by atoms with E-state index in [-0.39, 0.29) is 11.7 Å². The van der Waals surface area contributed by atoms with Crippen LogP contribution in [0.5, 0.6) is 0 Å². The van der Waals surface area contributed by atoms with Crippen LogP contribution in [0, 0.1) is 18.3 Å². The highest BCUT2D eigenvalue weighted by Gasteiger charge is 2.16. The molecule has 7 nitrogen and oxygen atoms in total. The van der Waals surface area contributed by atoms with Crippen molar-refractivity contribution in [3.8, 4) is 6.07 Å². The van der Waals surface area contributed by atoms with Crippen molar-refractivity contribution in [3.63, 3.8) is 0 Å². The number of anilines is 1. The molecule has 0 spiro atoms. The average Bonchev–Trinajstić information content (AvgIpc) is 2.78. The van der Waals surface area contributed by atoms with Gasteiger partial charge in [0.2, 0.25) is 0 Å². The summed E-state index contributed by atoms with van der Waals surface area (Å²) in [7, 11) is 1.69. The Morgan fingerprint density at radius 2 is 2.25 bits per heavy atom. The fourth-order valence-corrected chi connectivity index (χ4v) is 1.81. The van der Waals surface area contributed by atoms with Gasteiger partial charge in [0.15, 0.2) is 5.82 Å². The maximum Gasteiger partial charge on any atom is 0.258 e. The van der Waals surface area contributed by atoms with Gasteiger partial charge in [0.1, 0.15) is 11.6 Å². The van der Waals surface area contributed by atoms with E-state index in [0.717, 1.165) is 0 Å². The Morgan fingerprint density at radius 1 is 1.50 bits per heavy atom. The van der Waals surface area contributed by atoms with Gasteiger partial charge in [-0.3, -0.25) is 9.48 Å². The van der Waals surface area contributed by atoms with Crippen LogP contribution in [0.25, 0.3) is 0 Å². The summed E-state index contributed by atoms with van der Waals surface area (Å²) in [5, 5.41) is 23.6. The van der Waals surface area contributed by atoms with Crippen molar-refractivity contribution in [2.75, 3.05) is 5.32 Å². The Balaban J connectivity index is 2.33. The summed E-state index contributed by atoms with van der Waals surface area (Å²) < 4.78 is 1.48. The number of aromatic nitrogens is 4. The lowest BCUT2D eigenvalue weighted by atomic mass is 10.1. The number of nitrogens with zero attached hydrogens (tertiary/aromatic N) is 5. The van der Waals surface area contributed by atoms with Crippen molar-refractivity contribution in [2.45, 2.75) is 20.3 Å². The van der Waals surface area contributed by atoms with Crippen LogP contribution in [0.15, 0.2) is 12.3 Å². The van der Waals surface area contributed by atoms with E-state index in [0.29, 0.717) is 28.9 Å². The summed E-state index contributed by atoms with van der Waals surface area (Å²) in [5.74, 6) is -0.0911. The van der Waals surface area contributed by atoms with Crippen LogP contribution in [0.1, 0.15) is 34.2 Å². The van der Waals surface area contributed by atoms with Gasteiger partial charge in [0.25, 0.3) is 5.91 Å². The van der Waals surface area contributed by atoms with Crippen molar-refractivity contribution >= 4 is 11.7 Å². The molecule has 0 saturated heterocycles. The Kier molecular flexibility index (Phi) is 3.75. The third-order valence-corrected chi connectivity index (χ3v) is 2.75. The number of carbonyl (C=O) groups excluding carboxylic acids is 1. The summed E-state index contributed by atoms with van der Waals surface area (Å²) in [4.78, 5) is 12.3. The molecule has 0 aliphatic heterocycles. The first-order chi connectivity index (χ1) is 9.55. The second kappa shape index (κ2) is 5.48. The summed E-state index contributed by atoms with van der Waals surface area (Å²) in [6.45, 7) is 3.67. The quantitative estimate of drug-likeness (QED) is 0.904. The minimum atomic E-state index is -0.338. The number of hydrogen-bond donors (Lipinski definition) is 1. The van der Waals surface area contributed by atoms with E-state index >= 15 is 0 Å². The summed E-state index contributed by atoms with van der Waals surface area (Å²) in [6.07, 6.45) is 2.15. The van der Waals surface area contributed by atoms with Gasteiger partial charge >= 0.3 is 0 Å². The first-order valence-corrected chi connectivity index (χ1v) is 6.13. The number of amides is 1. The molecule has 102 valence electrons. The number of nitriles is 1. The smallest absolute Gasteiger partial charge is 0.258 e. The third-order valence-electron chi connectivity index (χ3n) is 2.75. The molecule has 2 aromatic rings. The molecule has 0 aliphatic rings. The van der Waals surface area contributed by atoms with E-state index in [2.05, 4.69) is 20.6 Å². The number of hydrogen-bond acceptors (Lipinski definition) is 5. The zero-order valence-corrected chi connectivity index (χ0v) is 11.5. The Bertz CT molecular complexity index is 697. The van der Waals surface area contributed by atoms with Gasteiger partial charge < -0.3 is 5.32 Å². The molecule has 0 atom stereocenters. The van der Waals surface area contributed by atoms with Crippen LogP contribution in [0.2, 0.25) is 0 Å². The molecule has 20 heavy (non-hydrogen) atoms. The molecule has 2 heterocycles. The maximum atomic E-state index is 12.3. The van der Waals surface area contributed by atoms with Crippen molar-refractivity contribution in [1.82, 2.24) is 20.0 Å². The highest BCUT2D eigenvalue weighted by Crippen LogP contribution is 2.14. The predicted molar refractivity (Wildman–Crippen MR) is 72.0 cm³/mol. The topological polar surface area (TPSA) is 96.5 Å². The molecule has 0 aromatic carbocycles. The summed E-state index contributed by atoms with van der Waals surface area (Å²) in [6, 6.07) is 3.66. The van der Waals surface area contributed by atoms with E-state index in [4.69, 9.17) is 5.26 Å². The molecule has 1 N–H and O–H groups in total. The van der Waals surface area contributed by atoms with Crippen molar-refractivity contribution < 1.29 is 4.79 Å². The fraction of sp³-hybridized carbons (Fsp3) is 0.308. The lowest BCUT2D eigenvalue weighted by molar-refractivity contribution is 0.102. The lowest BCUT2D eigenvalue weighted by Gasteiger charge is -2.07. The van der Waals surface area contributed by atoms with Crippen molar-refractivity contribution in [2.24, 2.45) is 7.05 Å². The zero-order chi connectivity index (χ0) is 14.7. The molecule has 0 bridgehead atoms. The van der Waals surface area contributed by atoms with Crippen LogP contribution in [0.4, 0.5) is 5.82 Å². The van der Waals surface area contributed by atoms with E-state index < -0.39 is 0 Å². The third kappa shape index (κ3) is 2.64. The molecule has 0 saturated carbocycles. The lowest BCUT2D eigenvalue weighted by Crippen LogP contribution is -2.17. The number of carbonyl (C=O) groups is 1. The highest BCUT2D eigenvalue weighted by atomic mass is 16.1. The van der Waals surface area contributed by atoms with Gasteiger partial charge in [0, 0.05) is 13.2 Å². The molecule has 0 aliphatic carbocycles. The minimum Gasteiger partial charge on any atom is -0.304 e. The predicted octanol–water partition coefficient (Wildman–Crippen LogP) is 1.20. The fourth-order valence-electron chi connectivity index (χ4n) is 1.81. The molecule has 2 rings (SSSR count). The van der Waals surface area contributed by atoms with Crippen LogP contribution in [-0.4, -0.2) is 25.9 Å². The second-order valence-electron chi connectivity index (χ2n) is 4.33. The molecule has 0 unspecified atom stereocenters. The largest absolute Gasteiger partial charge is 0.304 e. The van der Waals surface area contributed by atoms with Gasteiger partial charge in [-0.2, -0.15) is 20.6 Å². The monoisotopic (exact) mass is 270 g/mol. The van der Waals surface area contributed by atoms with Crippen LogP contribution in [-0.2, 0) is 13.5 Å². The van der Waals surface area contributed by atoms with Gasteiger partial charge in [-0.1, -0.05) is 6.92 Å². The number of aryl methyl sites for hydroxylation is 3. The molecule has 0 fully saturated rings. The standard InChI is InChI=1S/C13H14N6O/c1-4-11-10(5-8(2)16-17-11)13(20)15-12-9(6-14)7-19(3)18-12/h5,7H,4H2,1-3H3,(H,15,18,20). The van der Waals surface area contributed by atoms with E-state index in [1.807, 2.05) is 13.0 Å². The Morgan fingerprint density at radius 3 is 2.90 bits per heavy atom. The maximum absolute atomic E-state index is 12.3. The average molecular weight is 270 g/mol. The van der Waals surface area contributed by atoms with Gasteiger partial charge in [-0.05, 0) is 19.4 Å². The van der Waals surface area contributed by atoms with Crippen LogP contribution < -0.4 is 5.32 Å². The van der Waals surface area contributed by atoms with Crippen LogP contribution >= 0.6 is 0 Å².